The van der Waals surface area contributed by atoms with Crippen LogP contribution in [0.2, 0.25) is 5.02 Å². The van der Waals surface area contributed by atoms with Crippen LogP contribution < -0.4 is 16.0 Å². The zero-order valence-electron chi connectivity index (χ0n) is 11.7. The van der Waals surface area contributed by atoms with Crippen LogP contribution in [0.25, 0.3) is 0 Å². The summed E-state index contributed by atoms with van der Waals surface area (Å²) in [5, 5.41) is 4.00. The molecule has 1 aromatic heterocycles. The molecule has 5 nitrogen and oxygen atoms in total. The van der Waals surface area contributed by atoms with E-state index < -0.39 is 0 Å². The Kier molecular flexibility index (Phi) is 4.10. The summed E-state index contributed by atoms with van der Waals surface area (Å²) in [6.45, 7) is 2.67. The van der Waals surface area contributed by atoms with Crippen LogP contribution in [0.4, 0.5) is 17.3 Å². The molecule has 2 heterocycles. The second-order valence-electron chi connectivity index (χ2n) is 5.13. The molecule has 0 atom stereocenters. The molecule has 1 aliphatic heterocycles. The number of benzene rings is 1. The molecule has 0 amide bonds. The average Bonchev–Trinajstić information content (AvgIpc) is 3.02. The second-order valence-corrected chi connectivity index (χ2v) is 5.57. The van der Waals surface area contributed by atoms with Crippen molar-refractivity contribution >= 4 is 28.9 Å². The van der Waals surface area contributed by atoms with Crippen molar-refractivity contribution in [1.29, 1.82) is 0 Å². The molecule has 3 N–H and O–H groups in total. The summed E-state index contributed by atoms with van der Waals surface area (Å²) >= 11 is 5.88. The fraction of sp³-hybridized carbons (Fsp3) is 0.333. The maximum absolute atomic E-state index is 6.20. The van der Waals surface area contributed by atoms with Crippen LogP contribution in [-0.2, 0) is 6.54 Å². The van der Waals surface area contributed by atoms with Crippen LogP contribution in [0, 0.1) is 0 Å². The number of hydrogen-bond acceptors (Lipinski definition) is 5. The zero-order chi connectivity index (χ0) is 14.7. The maximum Gasteiger partial charge on any atom is 0.157 e. The number of nitrogens with zero attached hydrogens (tertiary/aromatic N) is 3. The molecule has 1 saturated heterocycles. The molecule has 0 aliphatic carbocycles. The Hall–Kier alpha value is -2.01. The highest BCUT2D eigenvalue weighted by Crippen LogP contribution is 2.28. The predicted octanol–water partition coefficient (Wildman–Crippen LogP) is 2.92. The van der Waals surface area contributed by atoms with E-state index in [1.807, 2.05) is 24.3 Å². The molecule has 6 heteroatoms. The van der Waals surface area contributed by atoms with Crippen molar-refractivity contribution < 1.29 is 0 Å². The van der Waals surface area contributed by atoms with Crippen LogP contribution in [-0.4, -0.2) is 23.1 Å². The Morgan fingerprint density at radius 3 is 2.57 bits per heavy atom. The number of rotatable bonds is 4. The van der Waals surface area contributed by atoms with Crippen molar-refractivity contribution in [3.63, 3.8) is 0 Å². The zero-order valence-corrected chi connectivity index (χ0v) is 12.5. The first-order chi connectivity index (χ1) is 10.2. The normalized spacial score (nSPS) is 14.4. The molecule has 0 radical (unpaired) electrons. The highest BCUT2D eigenvalue weighted by atomic mass is 35.5. The summed E-state index contributed by atoms with van der Waals surface area (Å²) in [6.07, 6.45) is 3.95. The average molecular weight is 304 g/mol. The number of halogens is 1. The number of hydrogen-bond donors (Lipinski definition) is 2. The van der Waals surface area contributed by atoms with E-state index in [0.717, 1.165) is 29.5 Å². The van der Waals surface area contributed by atoms with Crippen molar-refractivity contribution in [2.24, 2.45) is 0 Å². The van der Waals surface area contributed by atoms with E-state index in [0.29, 0.717) is 18.1 Å². The first-order valence-electron chi connectivity index (χ1n) is 7.08. The lowest BCUT2D eigenvalue weighted by Gasteiger charge is -2.19. The van der Waals surface area contributed by atoms with E-state index >= 15 is 0 Å². The van der Waals surface area contributed by atoms with Crippen molar-refractivity contribution in [1.82, 2.24) is 9.97 Å². The lowest BCUT2D eigenvalue weighted by atomic mass is 10.2. The van der Waals surface area contributed by atoms with Gasteiger partial charge >= 0.3 is 0 Å². The lowest BCUT2D eigenvalue weighted by Crippen LogP contribution is -2.21. The van der Waals surface area contributed by atoms with Gasteiger partial charge in [0, 0.05) is 24.7 Å². The van der Waals surface area contributed by atoms with E-state index in [1.54, 1.807) is 6.33 Å². The van der Waals surface area contributed by atoms with Gasteiger partial charge in [-0.3, -0.25) is 0 Å². The first kappa shape index (κ1) is 13.9. The molecule has 0 unspecified atom stereocenters. The van der Waals surface area contributed by atoms with Crippen molar-refractivity contribution in [2.75, 3.05) is 29.0 Å². The highest BCUT2D eigenvalue weighted by molar-refractivity contribution is 6.30. The highest BCUT2D eigenvalue weighted by Gasteiger charge is 2.18. The van der Waals surface area contributed by atoms with Gasteiger partial charge in [-0.1, -0.05) is 23.7 Å². The Labute approximate surface area is 129 Å². The topological polar surface area (TPSA) is 67.1 Å². The summed E-state index contributed by atoms with van der Waals surface area (Å²) in [4.78, 5) is 10.8. The SMILES string of the molecule is Nc1c(NCc2ccc(Cl)cc2)ncnc1N1CCCC1. The molecular formula is C15H18ClN5. The van der Waals surface area contributed by atoms with Crippen molar-refractivity contribution in [2.45, 2.75) is 19.4 Å². The second kappa shape index (κ2) is 6.18. The summed E-state index contributed by atoms with van der Waals surface area (Å²) in [7, 11) is 0. The minimum atomic E-state index is 0.619. The smallest absolute Gasteiger partial charge is 0.157 e. The Balaban J connectivity index is 1.73. The van der Waals surface area contributed by atoms with Crippen LogP contribution in [0.3, 0.4) is 0 Å². The molecule has 0 spiro atoms. The summed E-state index contributed by atoms with van der Waals surface area (Å²) in [5.74, 6) is 1.52. The molecule has 3 rings (SSSR count). The van der Waals surface area contributed by atoms with Crippen LogP contribution >= 0.6 is 11.6 Å². The van der Waals surface area contributed by atoms with Gasteiger partial charge in [0.1, 0.15) is 12.0 Å². The molecule has 1 fully saturated rings. The van der Waals surface area contributed by atoms with Gasteiger partial charge in [-0.05, 0) is 30.5 Å². The number of anilines is 3. The molecule has 1 aliphatic rings. The molecule has 0 saturated carbocycles. The van der Waals surface area contributed by atoms with Crippen LogP contribution in [0.15, 0.2) is 30.6 Å². The van der Waals surface area contributed by atoms with Crippen LogP contribution in [0.1, 0.15) is 18.4 Å². The van der Waals surface area contributed by atoms with Gasteiger partial charge in [-0.25, -0.2) is 9.97 Å². The van der Waals surface area contributed by atoms with Crippen molar-refractivity contribution in [3.05, 3.63) is 41.2 Å². The molecule has 2 aromatic rings. The largest absolute Gasteiger partial charge is 0.393 e. The summed E-state index contributed by atoms with van der Waals surface area (Å²) < 4.78 is 0. The van der Waals surface area contributed by atoms with E-state index in [2.05, 4.69) is 20.2 Å². The van der Waals surface area contributed by atoms with E-state index in [4.69, 9.17) is 17.3 Å². The maximum atomic E-state index is 6.20. The van der Waals surface area contributed by atoms with Gasteiger partial charge in [-0.2, -0.15) is 0 Å². The number of nitrogens with two attached hydrogens (primary N) is 1. The summed E-state index contributed by atoms with van der Waals surface area (Å²) in [6, 6.07) is 7.71. The minimum Gasteiger partial charge on any atom is -0.393 e. The summed E-state index contributed by atoms with van der Waals surface area (Å²) in [5.41, 5.74) is 7.95. The quantitative estimate of drug-likeness (QED) is 0.909. The van der Waals surface area contributed by atoms with Gasteiger partial charge in [0.2, 0.25) is 0 Å². The predicted molar refractivity (Wildman–Crippen MR) is 86.7 cm³/mol. The standard InChI is InChI=1S/C15H18ClN5/c16-12-5-3-11(4-6-12)9-18-14-13(17)15(20-10-19-14)21-7-1-2-8-21/h3-6,10H,1-2,7-9,17H2,(H,18,19,20). The molecule has 0 bridgehead atoms. The van der Waals surface area contributed by atoms with Gasteiger partial charge < -0.3 is 16.0 Å². The van der Waals surface area contributed by atoms with Gasteiger partial charge in [0.05, 0.1) is 0 Å². The van der Waals surface area contributed by atoms with Gasteiger partial charge in [0.25, 0.3) is 0 Å². The minimum absolute atomic E-state index is 0.619. The van der Waals surface area contributed by atoms with Crippen LogP contribution in [0.5, 0.6) is 0 Å². The number of aromatic nitrogens is 2. The fourth-order valence-corrected chi connectivity index (χ4v) is 2.62. The van der Waals surface area contributed by atoms with E-state index in [-0.39, 0.29) is 0 Å². The molecular weight excluding hydrogens is 286 g/mol. The third-order valence-corrected chi connectivity index (χ3v) is 3.89. The van der Waals surface area contributed by atoms with E-state index in [9.17, 15) is 0 Å². The third-order valence-electron chi connectivity index (χ3n) is 3.64. The van der Waals surface area contributed by atoms with Gasteiger partial charge in [-0.15, -0.1) is 0 Å². The van der Waals surface area contributed by atoms with Gasteiger partial charge in [0.15, 0.2) is 11.6 Å². The van der Waals surface area contributed by atoms with Crippen molar-refractivity contribution in [3.8, 4) is 0 Å². The van der Waals surface area contributed by atoms with E-state index in [1.165, 1.54) is 12.8 Å². The Morgan fingerprint density at radius 2 is 1.86 bits per heavy atom. The first-order valence-corrected chi connectivity index (χ1v) is 7.45. The lowest BCUT2D eigenvalue weighted by molar-refractivity contribution is 0.928. The number of nitrogens with one attached hydrogen (secondary N) is 1. The molecule has 21 heavy (non-hydrogen) atoms. The molecule has 110 valence electrons. The fourth-order valence-electron chi connectivity index (χ4n) is 2.50. The monoisotopic (exact) mass is 303 g/mol. The Bertz CT molecular complexity index is 608. The molecule has 1 aromatic carbocycles. The third kappa shape index (κ3) is 3.19. The number of nitrogen functional groups attached to an aromatic ring is 1. The Morgan fingerprint density at radius 1 is 1.14 bits per heavy atom.